The zero-order chi connectivity index (χ0) is 25.9. The predicted octanol–water partition coefficient (Wildman–Crippen LogP) is 5.67. The number of carbonyl (C=O) groups is 1. The zero-order valence-electron chi connectivity index (χ0n) is 20.0. The van der Waals surface area contributed by atoms with Crippen LogP contribution in [0.3, 0.4) is 0 Å². The fourth-order valence-electron chi connectivity index (χ4n) is 5.40. The van der Waals surface area contributed by atoms with Crippen molar-refractivity contribution in [2.24, 2.45) is 0 Å². The molecule has 0 amide bonds. The van der Waals surface area contributed by atoms with E-state index in [4.69, 9.17) is 16.6 Å². The second kappa shape index (κ2) is 9.01. The first-order valence-corrected chi connectivity index (χ1v) is 13.4. The molecule has 0 spiro atoms. The van der Waals surface area contributed by atoms with Gasteiger partial charge in [-0.15, -0.1) is 20.1 Å². The number of halogens is 3. The van der Waals surface area contributed by atoms with Crippen molar-refractivity contribution in [3.05, 3.63) is 74.2 Å². The Bertz CT molecular complexity index is 1380. The van der Waals surface area contributed by atoms with Crippen molar-refractivity contribution in [2.75, 3.05) is 13.1 Å². The average molecular weight is 549 g/mol. The maximum atomic E-state index is 13.5. The standard InChI is InChI=1S/C27H25ClF2N2O4S.H2/c1-15-25(24(32-11-8-17(33)14-32)18-4-2-3-5-19(18)28)37-23(31-15)13-22(34)26(9-10-26)16-6-7-20-21(12-16)36-27(29,30)35-20;/h2-7,12,17,24,33H,8-11,13-14H2,1H3;1H/t17-,24+;/m0./s1. The van der Waals surface area contributed by atoms with Gasteiger partial charge in [0.15, 0.2) is 11.5 Å². The number of hydrogen-bond donors (Lipinski definition) is 1. The van der Waals surface area contributed by atoms with E-state index in [-0.39, 0.29) is 31.2 Å². The van der Waals surface area contributed by atoms with Crippen LogP contribution in [-0.2, 0) is 16.6 Å². The van der Waals surface area contributed by atoms with Gasteiger partial charge in [0.1, 0.15) is 10.8 Å². The lowest BCUT2D eigenvalue weighted by molar-refractivity contribution is -0.286. The number of aliphatic hydroxyl groups excluding tert-OH is 1. The van der Waals surface area contributed by atoms with Crippen LogP contribution in [0.5, 0.6) is 11.5 Å². The Balaban J connectivity index is 0.00000294. The molecule has 3 heterocycles. The molecule has 10 heteroatoms. The minimum atomic E-state index is -3.69. The van der Waals surface area contributed by atoms with Gasteiger partial charge < -0.3 is 14.6 Å². The number of alkyl halides is 2. The van der Waals surface area contributed by atoms with E-state index in [1.165, 1.54) is 23.5 Å². The molecule has 2 atom stereocenters. The Morgan fingerprint density at radius 1 is 1.27 bits per heavy atom. The highest BCUT2D eigenvalue weighted by Crippen LogP contribution is 2.53. The molecule has 1 saturated heterocycles. The SMILES string of the molecule is Cc1nc(CC(=O)C2(c3ccc4c(c3)OC(F)(F)O4)CC2)sc1[C@@H](c1ccccc1Cl)N1CC[C@H](O)C1.[HH]. The second-order valence-electron chi connectivity index (χ2n) is 9.93. The second-order valence-corrected chi connectivity index (χ2v) is 11.5. The number of likely N-dealkylation sites (tertiary alicyclic amines) is 1. The van der Waals surface area contributed by atoms with Crippen molar-refractivity contribution in [3.8, 4) is 11.5 Å². The van der Waals surface area contributed by atoms with Crippen LogP contribution in [0, 0.1) is 6.92 Å². The minimum Gasteiger partial charge on any atom is -0.395 e. The molecule has 3 aromatic rings. The van der Waals surface area contributed by atoms with Crippen LogP contribution >= 0.6 is 22.9 Å². The predicted molar refractivity (Wildman–Crippen MR) is 137 cm³/mol. The van der Waals surface area contributed by atoms with Gasteiger partial charge in [0, 0.05) is 24.4 Å². The summed E-state index contributed by atoms with van der Waals surface area (Å²) >= 11 is 8.08. The molecule has 6 nitrogen and oxygen atoms in total. The lowest BCUT2D eigenvalue weighted by atomic mass is 9.89. The highest BCUT2D eigenvalue weighted by atomic mass is 35.5. The van der Waals surface area contributed by atoms with E-state index in [0.717, 1.165) is 22.7 Å². The molecular formula is C27H27ClF2N2O4S. The summed E-state index contributed by atoms with van der Waals surface area (Å²) in [7, 11) is 0. The molecule has 1 N–H and O–H groups in total. The smallest absolute Gasteiger partial charge is 0.395 e. The molecular weight excluding hydrogens is 522 g/mol. The lowest BCUT2D eigenvalue weighted by Crippen LogP contribution is -2.28. The molecule has 3 aliphatic rings. The number of β-amino-alcohol motifs (C(OH)–C–C–N with tert-alkyl or cyclic N) is 1. The average Bonchev–Trinajstić information content (AvgIpc) is 3.29. The van der Waals surface area contributed by atoms with Crippen molar-refractivity contribution in [2.45, 2.75) is 56.5 Å². The summed E-state index contributed by atoms with van der Waals surface area (Å²) in [6.45, 7) is 3.20. The molecule has 37 heavy (non-hydrogen) atoms. The van der Waals surface area contributed by atoms with E-state index in [0.29, 0.717) is 41.4 Å². The van der Waals surface area contributed by atoms with E-state index in [9.17, 15) is 18.7 Å². The third-order valence-electron chi connectivity index (χ3n) is 7.43. The van der Waals surface area contributed by atoms with Crippen LogP contribution in [0.15, 0.2) is 42.5 Å². The first-order valence-electron chi connectivity index (χ1n) is 12.2. The number of thiazole rings is 1. The van der Waals surface area contributed by atoms with Crippen molar-refractivity contribution in [1.29, 1.82) is 0 Å². The Labute approximate surface area is 223 Å². The van der Waals surface area contributed by atoms with Gasteiger partial charge in [-0.2, -0.15) is 0 Å². The third-order valence-corrected chi connectivity index (χ3v) is 8.99. The number of aliphatic hydroxyl groups is 1. The highest BCUT2D eigenvalue weighted by molar-refractivity contribution is 7.12. The molecule has 2 aliphatic heterocycles. The number of ketones is 1. The van der Waals surface area contributed by atoms with Gasteiger partial charge in [-0.25, -0.2) is 4.98 Å². The number of hydrogen-bond acceptors (Lipinski definition) is 7. The maximum absolute atomic E-state index is 13.5. The topological polar surface area (TPSA) is 71.9 Å². The molecule has 2 aromatic carbocycles. The van der Waals surface area contributed by atoms with Crippen LogP contribution in [-0.4, -0.2) is 46.3 Å². The number of aryl methyl sites for hydroxylation is 1. The number of fused-ring (bicyclic) bond motifs is 1. The van der Waals surface area contributed by atoms with Gasteiger partial charge in [-0.1, -0.05) is 35.9 Å². The fourth-order valence-corrected chi connectivity index (χ4v) is 6.86. The van der Waals surface area contributed by atoms with Gasteiger partial charge in [0.2, 0.25) is 0 Å². The van der Waals surface area contributed by atoms with Crippen LogP contribution in [0.25, 0.3) is 0 Å². The van der Waals surface area contributed by atoms with Crippen LogP contribution in [0.2, 0.25) is 5.02 Å². The fraction of sp³-hybridized carbons (Fsp3) is 0.407. The van der Waals surface area contributed by atoms with Gasteiger partial charge in [0.05, 0.1) is 29.7 Å². The van der Waals surface area contributed by atoms with Crippen molar-refractivity contribution < 1.29 is 29.6 Å². The third kappa shape index (κ3) is 4.52. The molecule has 0 bridgehead atoms. The molecule has 0 radical (unpaired) electrons. The van der Waals surface area contributed by atoms with E-state index in [1.54, 1.807) is 6.07 Å². The van der Waals surface area contributed by atoms with E-state index < -0.39 is 17.8 Å². The Hall–Kier alpha value is -2.59. The Morgan fingerprint density at radius 2 is 2.03 bits per heavy atom. The summed E-state index contributed by atoms with van der Waals surface area (Å²) in [6.07, 6.45) is -1.96. The number of aromatic nitrogens is 1. The van der Waals surface area contributed by atoms with E-state index in [1.807, 2.05) is 31.2 Å². The van der Waals surface area contributed by atoms with Crippen molar-refractivity contribution in [3.63, 3.8) is 0 Å². The Kier molecular flexibility index (Phi) is 6.02. The highest BCUT2D eigenvalue weighted by Gasteiger charge is 2.52. The maximum Gasteiger partial charge on any atom is 0.586 e. The normalized spacial score (nSPS) is 22.2. The number of rotatable bonds is 7. The summed E-state index contributed by atoms with van der Waals surface area (Å²) in [4.78, 5) is 21.5. The van der Waals surface area contributed by atoms with Crippen LogP contribution in [0.4, 0.5) is 8.78 Å². The van der Waals surface area contributed by atoms with Gasteiger partial charge in [-0.3, -0.25) is 9.69 Å². The monoisotopic (exact) mass is 548 g/mol. The van der Waals surface area contributed by atoms with Crippen molar-refractivity contribution in [1.82, 2.24) is 9.88 Å². The molecule has 196 valence electrons. The summed E-state index contributed by atoms with van der Waals surface area (Å²) in [5.74, 6) is -0.0801. The number of benzene rings is 2. The first kappa shape index (κ1) is 24.7. The van der Waals surface area contributed by atoms with Crippen LogP contribution in [0.1, 0.15) is 53.4 Å². The van der Waals surface area contributed by atoms with Crippen LogP contribution < -0.4 is 9.47 Å². The summed E-state index contributed by atoms with van der Waals surface area (Å²) in [6, 6.07) is 12.1. The summed E-state index contributed by atoms with van der Waals surface area (Å²) in [5, 5.41) is 11.6. The number of carbonyl (C=O) groups excluding carboxylic acids is 1. The number of Topliss-reactive ketones (excluding diaryl/α,β-unsaturated/α-hetero) is 1. The molecule has 1 saturated carbocycles. The molecule has 6 rings (SSSR count). The van der Waals surface area contributed by atoms with Gasteiger partial charge in [0.25, 0.3) is 0 Å². The largest absolute Gasteiger partial charge is 0.586 e. The first-order chi connectivity index (χ1) is 17.6. The minimum absolute atomic E-state index is 0. The quantitative estimate of drug-likeness (QED) is 0.410. The molecule has 0 unspecified atom stereocenters. The van der Waals surface area contributed by atoms with Crippen molar-refractivity contribution >= 4 is 28.7 Å². The van der Waals surface area contributed by atoms with Gasteiger partial charge in [-0.05, 0) is 55.5 Å². The number of nitrogens with zero attached hydrogens (tertiary/aromatic N) is 2. The molecule has 1 aromatic heterocycles. The van der Waals surface area contributed by atoms with E-state index in [2.05, 4.69) is 14.4 Å². The Morgan fingerprint density at radius 3 is 2.73 bits per heavy atom. The molecule has 1 aliphatic carbocycles. The summed E-state index contributed by atoms with van der Waals surface area (Å²) in [5.41, 5.74) is 1.70. The number of ether oxygens (including phenoxy) is 2. The zero-order valence-corrected chi connectivity index (χ0v) is 21.6. The van der Waals surface area contributed by atoms with E-state index >= 15 is 0 Å². The lowest BCUT2D eigenvalue weighted by Gasteiger charge is -2.28. The molecule has 2 fully saturated rings. The summed E-state index contributed by atoms with van der Waals surface area (Å²) < 4.78 is 36.0. The van der Waals surface area contributed by atoms with Gasteiger partial charge >= 0.3 is 6.29 Å².